The summed E-state index contributed by atoms with van der Waals surface area (Å²) >= 11 is 3.61. The Morgan fingerprint density at radius 3 is 2.88 bits per heavy atom. The zero-order valence-electron chi connectivity index (χ0n) is 9.56. The summed E-state index contributed by atoms with van der Waals surface area (Å²) in [6, 6.07) is 4.86. The molecule has 0 amide bonds. The molecule has 0 aliphatic carbocycles. The number of thiophene rings is 1. The van der Waals surface area contributed by atoms with Crippen molar-refractivity contribution < 1.29 is 0 Å². The molecule has 2 heterocycles. The van der Waals surface area contributed by atoms with Crippen LogP contribution in [0.3, 0.4) is 0 Å². The summed E-state index contributed by atoms with van der Waals surface area (Å²) in [6.07, 6.45) is 3.01. The molecule has 0 saturated carbocycles. The fourth-order valence-electron chi connectivity index (χ4n) is 1.70. The zero-order chi connectivity index (χ0) is 11.4. The highest BCUT2D eigenvalue weighted by molar-refractivity contribution is 7.12. The first kappa shape index (κ1) is 11.8. The Morgan fingerprint density at radius 2 is 2.31 bits per heavy atom. The second-order valence-corrected chi connectivity index (χ2v) is 6.02. The number of thiazole rings is 1. The van der Waals surface area contributed by atoms with Crippen LogP contribution in [0, 0.1) is 6.92 Å². The van der Waals surface area contributed by atoms with Crippen LogP contribution in [0.5, 0.6) is 0 Å². The van der Waals surface area contributed by atoms with Crippen molar-refractivity contribution in [3.8, 4) is 0 Å². The van der Waals surface area contributed by atoms with Crippen molar-refractivity contribution in [2.75, 3.05) is 6.54 Å². The van der Waals surface area contributed by atoms with Gasteiger partial charge in [-0.15, -0.1) is 22.7 Å². The second-order valence-electron chi connectivity index (χ2n) is 3.73. The maximum Gasteiger partial charge on any atom is 0.0794 e. The first-order valence-electron chi connectivity index (χ1n) is 5.46. The predicted octanol–water partition coefficient (Wildman–Crippen LogP) is 3.41. The molecule has 0 aliphatic rings. The van der Waals surface area contributed by atoms with Gasteiger partial charge in [-0.25, -0.2) is 0 Å². The summed E-state index contributed by atoms with van der Waals surface area (Å²) in [5.74, 6) is 0. The van der Waals surface area contributed by atoms with E-state index in [0.29, 0.717) is 6.04 Å². The molecule has 4 heteroatoms. The molecule has 0 saturated heterocycles. The van der Waals surface area contributed by atoms with Crippen molar-refractivity contribution >= 4 is 22.7 Å². The third-order valence-electron chi connectivity index (χ3n) is 2.44. The monoisotopic (exact) mass is 252 g/mol. The minimum absolute atomic E-state index is 0.434. The van der Waals surface area contributed by atoms with Gasteiger partial charge < -0.3 is 5.32 Å². The van der Waals surface area contributed by atoms with E-state index in [0.717, 1.165) is 13.0 Å². The second kappa shape index (κ2) is 5.57. The summed E-state index contributed by atoms with van der Waals surface area (Å²) in [6.45, 7) is 5.31. The van der Waals surface area contributed by atoms with Gasteiger partial charge in [-0.1, -0.05) is 6.92 Å². The lowest BCUT2D eigenvalue weighted by Crippen LogP contribution is -2.21. The summed E-state index contributed by atoms with van der Waals surface area (Å²) in [5.41, 5.74) is 1.90. The van der Waals surface area contributed by atoms with E-state index >= 15 is 0 Å². The first-order chi connectivity index (χ1) is 7.79. The average molecular weight is 252 g/mol. The van der Waals surface area contributed by atoms with E-state index in [-0.39, 0.29) is 0 Å². The Morgan fingerprint density at radius 1 is 1.44 bits per heavy atom. The van der Waals surface area contributed by atoms with E-state index < -0.39 is 0 Å². The van der Waals surface area contributed by atoms with Crippen molar-refractivity contribution in [1.29, 1.82) is 0 Å². The van der Waals surface area contributed by atoms with E-state index in [9.17, 15) is 0 Å². The van der Waals surface area contributed by atoms with Crippen LogP contribution in [0.4, 0.5) is 0 Å². The van der Waals surface area contributed by atoms with Crippen molar-refractivity contribution in [3.63, 3.8) is 0 Å². The van der Waals surface area contributed by atoms with Crippen LogP contribution in [0.25, 0.3) is 0 Å². The van der Waals surface area contributed by atoms with Gasteiger partial charge in [0.25, 0.3) is 0 Å². The van der Waals surface area contributed by atoms with Gasteiger partial charge in [0, 0.05) is 33.3 Å². The van der Waals surface area contributed by atoms with Gasteiger partial charge in [-0.2, -0.15) is 0 Å². The van der Waals surface area contributed by atoms with Crippen molar-refractivity contribution in [2.24, 2.45) is 0 Å². The Hall–Kier alpha value is -0.710. The zero-order valence-corrected chi connectivity index (χ0v) is 11.2. The van der Waals surface area contributed by atoms with Crippen LogP contribution in [-0.4, -0.2) is 11.5 Å². The number of aromatic nitrogens is 1. The largest absolute Gasteiger partial charge is 0.309 e. The molecule has 0 aromatic carbocycles. The van der Waals surface area contributed by atoms with Crippen LogP contribution in [0.1, 0.15) is 27.6 Å². The van der Waals surface area contributed by atoms with Gasteiger partial charge in [-0.05, 0) is 25.6 Å². The highest BCUT2D eigenvalue weighted by Crippen LogP contribution is 2.26. The molecule has 0 aliphatic heterocycles. The van der Waals surface area contributed by atoms with Gasteiger partial charge in [0.1, 0.15) is 0 Å². The van der Waals surface area contributed by atoms with Crippen LogP contribution in [0.2, 0.25) is 0 Å². The summed E-state index contributed by atoms with van der Waals surface area (Å²) in [5, 5.41) is 3.54. The molecule has 0 radical (unpaired) electrons. The van der Waals surface area contributed by atoms with Crippen LogP contribution < -0.4 is 5.32 Å². The number of likely N-dealkylation sites (N-methyl/N-ethyl adjacent to an activating group) is 1. The fourth-order valence-corrected chi connectivity index (χ4v) is 3.30. The highest BCUT2D eigenvalue weighted by Gasteiger charge is 2.13. The standard InChI is InChI=1S/C12H16N2S2/c1-3-14-11(6-10-7-13-8-15-10)12-5-4-9(2)16-12/h4-5,7-8,11,14H,3,6H2,1-2H3. The summed E-state index contributed by atoms with van der Waals surface area (Å²) in [7, 11) is 0. The molecule has 2 nitrogen and oxygen atoms in total. The Bertz CT molecular complexity index is 420. The molecule has 16 heavy (non-hydrogen) atoms. The van der Waals surface area contributed by atoms with Crippen molar-refractivity contribution in [2.45, 2.75) is 26.3 Å². The van der Waals surface area contributed by atoms with Crippen molar-refractivity contribution in [1.82, 2.24) is 10.3 Å². The first-order valence-corrected chi connectivity index (χ1v) is 7.16. The van der Waals surface area contributed by atoms with E-state index in [1.54, 1.807) is 11.3 Å². The number of rotatable bonds is 5. The Labute approximate surface area is 104 Å². The van der Waals surface area contributed by atoms with Crippen molar-refractivity contribution in [3.05, 3.63) is 38.5 Å². The Kier molecular flexibility index (Phi) is 4.09. The number of hydrogen-bond donors (Lipinski definition) is 1. The van der Waals surface area contributed by atoms with Gasteiger partial charge >= 0.3 is 0 Å². The lowest BCUT2D eigenvalue weighted by Gasteiger charge is -2.15. The number of hydrogen-bond acceptors (Lipinski definition) is 4. The van der Waals surface area contributed by atoms with E-state index in [4.69, 9.17) is 0 Å². The van der Waals surface area contributed by atoms with Gasteiger partial charge in [0.2, 0.25) is 0 Å². The number of nitrogens with one attached hydrogen (secondary N) is 1. The highest BCUT2D eigenvalue weighted by atomic mass is 32.1. The molecule has 0 fully saturated rings. The molecule has 2 rings (SSSR count). The normalized spacial score (nSPS) is 12.9. The van der Waals surface area contributed by atoms with E-state index in [2.05, 4.69) is 36.3 Å². The van der Waals surface area contributed by atoms with E-state index in [1.165, 1.54) is 14.6 Å². The topological polar surface area (TPSA) is 24.9 Å². The van der Waals surface area contributed by atoms with Crippen LogP contribution >= 0.6 is 22.7 Å². The quantitative estimate of drug-likeness (QED) is 0.882. The minimum Gasteiger partial charge on any atom is -0.309 e. The summed E-state index contributed by atoms with van der Waals surface area (Å²) < 4.78 is 0. The molecule has 1 atom stereocenters. The molecule has 1 N–H and O–H groups in total. The third-order valence-corrected chi connectivity index (χ3v) is 4.36. The van der Waals surface area contributed by atoms with Gasteiger partial charge in [0.05, 0.1) is 5.51 Å². The number of aryl methyl sites for hydroxylation is 1. The molecule has 0 bridgehead atoms. The fraction of sp³-hybridized carbons (Fsp3) is 0.417. The smallest absolute Gasteiger partial charge is 0.0794 e. The molecular weight excluding hydrogens is 236 g/mol. The minimum atomic E-state index is 0.434. The van der Waals surface area contributed by atoms with Crippen LogP contribution in [-0.2, 0) is 6.42 Å². The molecular formula is C12H16N2S2. The molecule has 2 aromatic heterocycles. The molecule has 2 aromatic rings. The third kappa shape index (κ3) is 2.90. The maximum absolute atomic E-state index is 4.13. The lowest BCUT2D eigenvalue weighted by molar-refractivity contribution is 0.561. The molecule has 1 unspecified atom stereocenters. The predicted molar refractivity (Wildman–Crippen MR) is 71.3 cm³/mol. The van der Waals surface area contributed by atoms with E-state index in [1.807, 2.05) is 23.0 Å². The lowest BCUT2D eigenvalue weighted by atomic mass is 10.1. The maximum atomic E-state index is 4.13. The van der Waals surface area contributed by atoms with Gasteiger partial charge in [-0.3, -0.25) is 4.98 Å². The molecule has 0 spiro atoms. The average Bonchev–Trinajstić information content (AvgIpc) is 2.88. The van der Waals surface area contributed by atoms with Gasteiger partial charge in [0.15, 0.2) is 0 Å². The Balaban J connectivity index is 2.11. The van der Waals surface area contributed by atoms with Crippen LogP contribution in [0.15, 0.2) is 23.8 Å². The molecule has 86 valence electrons. The summed E-state index contributed by atoms with van der Waals surface area (Å²) in [4.78, 5) is 8.27. The number of nitrogens with zero attached hydrogens (tertiary/aromatic N) is 1. The SMILES string of the molecule is CCNC(Cc1cncs1)c1ccc(C)s1.